The van der Waals surface area contributed by atoms with Crippen LogP contribution < -0.4 is 14.5 Å². The number of aromatic amines is 1. The van der Waals surface area contributed by atoms with Crippen LogP contribution in [0.2, 0.25) is 0 Å². The zero-order valence-corrected chi connectivity index (χ0v) is 34.9. The average molecular weight is 802 g/mol. The standard InChI is InChI=1S/C45H55N9O3S/c1-5-21-54(44-35(29-46)9-8-20-47-44)40-16-22-51(23-17-40)31-32-10-12-34(13-11-32)37-26-33(6-2)43(48-30-37)53(7-3)39-18-24-52(25-19-39)45(55)42-28-36-27-38(50-58(4,56)57)14-15-41(36)49-42/h8-15,20,26-28,30,39-40,49-50H,5-7,16-19,21-25,31H2,1-4H3. The fraction of sp³-hybridized carbons (Fsp3) is 0.422. The highest BCUT2D eigenvalue weighted by Crippen LogP contribution is 2.31. The minimum absolute atomic E-state index is 0.0473. The van der Waals surface area contributed by atoms with Gasteiger partial charge in [0, 0.05) is 92.4 Å². The zero-order valence-electron chi connectivity index (χ0n) is 34.1. The molecule has 12 nitrogen and oxygen atoms in total. The van der Waals surface area contributed by atoms with Crippen molar-refractivity contribution in [2.45, 2.75) is 77.9 Å². The Balaban J connectivity index is 0.945. The van der Waals surface area contributed by atoms with E-state index in [1.54, 1.807) is 30.5 Å². The third kappa shape index (κ3) is 9.30. The van der Waals surface area contributed by atoms with Gasteiger partial charge in [-0.15, -0.1) is 0 Å². The molecule has 7 rings (SSSR count). The van der Waals surface area contributed by atoms with Crippen molar-refractivity contribution in [3.8, 4) is 17.2 Å². The van der Waals surface area contributed by atoms with E-state index in [0.29, 0.717) is 36.1 Å². The maximum Gasteiger partial charge on any atom is 0.270 e. The van der Waals surface area contributed by atoms with Crippen LogP contribution in [0.3, 0.4) is 0 Å². The molecule has 2 saturated heterocycles. The van der Waals surface area contributed by atoms with Crippen molar-refractivity contribution in [1.82, 2.24) is 24.8 Å². The normalized spacial score (nSPS) is 15.7. The number of fused-ring (bicyclic) bond motifs is 1. The number of anilines is 3. The summed E-state index contributed by atoms with van der Waals surface area (Å²) in [5.74, 6) is 1.80. The molecule has 0 bridgehead atoms. The number of aryl methyl sites for hydroxylation is 1. The predicted molar refractivity (Wildman–Crippen MR) is 233 cm³/mol. The van der Waals surface area contributed by atoms with E-state index in [-0.39, 0.29) is 11.9 Å². The quantitative estimate of drug-likeness (QED) is 0.117. The lowest BCUT2D eigenvalue weighted by molar-refractivity contribution is 0.0707. The number of carbonyl (C=O) groups is 1. The number of amides is 1. The number of sulfonamides is 1. The molecular formula is C45H55N9O3S. The van der Waals surface area contributed by atoms with Gasteiger partial charge in [-0.05, 0) is 105 Å². The lowest BCUT2D eigenvalue weighted by Gasteiger charge is -2.39. The summed E-state index contributed by atoms with van der Waals surface area (Å²) in [4.78, 5) is 35.7. The van der Waals surface area contributed by atoms with Crippen molar-refractivity contribution in [1.29, 1.82) is 5.26 Å². The zero-order chi connectivity index (χ0) is 40.8. The molecule has 304 valence electrons. The van der Waals surface area contributed by atoms with Crippen molar-refractivity contribution in [2.24, 2.45) is 0 Å². The second kappa shape index (κ2) is 18.0. The van der Waals surface area contributed by atoms with E-state index in [4.69, 9.17) is 4.98 Å². The summed E-state index contributed by atoms with van der Waals surface area (Å²) < 4.78 is 25.9. The van der Waals surface area contributed by atoms with Gasteiger partial charge in [-0.1, -0.05) is 38.1 Å². The van der Waals surface area contributed by atoms with Gasteiger partial charge in [0.25, 0.3) is 5.91 Å². The van der Waals surface area contributed by atoms with E-state index in [9.17, 15) is 18.5 Å². The minimum Gasteiger partial charge on any atom is -0.354 e. The van der Waals surface area contributed by atoms with Gasteiger partial charge in [-0.2, -0.15) is 5.26 Å². The van der Waals surface area contributed by atoms with E-state index in [2.05, 4.69) is 86.6 Å². The second-order valence-electron chi connectivity index (χ2n) is 15.6. The van der Waals surface area contributed by atoms with Crippen LogP contribution in [0.4, 0.5) is 17.3 Å². The molecule has 0 unspecified atom stereocenters. The van der Waals surface area contributed by atoms with E-state index < -0.39 is 10.0 Å². The summed E-state index contributed by atoms with van der Waals surface area (Å²) >= 11 is 0. The summed E-state index contributed by atoms with van der Waals surface area (Å²) in [6, 6.07) is 24.9. The number of nitrogens with one attached hydrogen (secondary N) is 2. The highest BCUT2D eigenvalue weighted by Gasteiger charge is 2.30. The van der Waals surface area contributed by atoms with E-state index in [1.165, 1.54) is 11.1 Å². The summed E-state index contributed by atoms with van der Waals surface area (Å²) in [6.07, 6.45) is 10.6. The SMILES string of the molecule is CCCN(c1ncccc1C#N)C1CCN(Cc2ccc(-c3cnc(N(CC)C4CCN(C(=O)c5cc6cc(NS(C)(=O)=O)ccc6[nH]5)CC4)c(CC)c3)cc2)CC1. The van der Waals surface area contributed by atoms with Crippen LogP contribution in [0, 0.1) is 11.3 Å². The number of aromatic nitrogens is 3. The van der Waals surface area contributed by atoms with E-state index in [0.717, 1.165) is 111 Å². The van der Waals surface area contributed by atoms with Crippen LogP contribution in [-0.2, 0) is 23.0 Å². The number of nitrogens with zero attached hydrogens (tertiary/aromatic N) is 7. The van der Waals surface area contributed by atoms with Crippen molar-refractivity contribution in [3.05, 3.63) is 102 Å². The number of benzene rings is 2. The van der Waals surface area contributed by atoms with Gasteiger partial charge in [-0.3, -0.25) is 14.4 Å². The first-order valence-electron chi connectivity index (χ1n) is 20.7. The van der Waals surface area contributed by atoms with Crippen LogP contribution in [0.15, 0.2) is 79.1 Å². The Bertz CT molecular complexity index is 2360. The number of rotatable bonds is 14. The smallest absolute Gasteiger partial charge is 0.270 e. The third-order valence-electron chi connectivity index (χ3n) is 11.6. The van der Waals surface area contributed by atoms with E-state index >= 15 is 0 Å². The van der Waals surface area contributed by atoms with Gasteiger partial charge in [0.2, 0.25) is 10.0 Å². The average Bonchev–Trinajstić information content (AvgIpc) is 3.67. The van der Waals surface area contributed by atoms with Crippen LogP contribution >= 0.6 is 0 Å². The molecule has 13 heteroatoms. The molecule has 3 aromatic heterocycles. The number of hydrogen-bond donors (Lipinski definition) is 2. The van der Waals surface area contributed by atoms with Gasteiger partial charge >= 0.3 is 0 Å². The van der Waals surface area contributed by atoms with E-state index in [1.807, 2.05) is 23.2 Å². The molecule has 0 atom stereocenters. The van der Waals surface area contributed by atoms with Crippen LogP contribution in [0.1, 0.15) is 80.1 Å². The summed E-state index contributed by atoms with van der Waals surface area (Å²) in [6.45, 7) is 12.5. The molecule has 0 aliphatic carbocycles. The first-order chi connectivity index (χ1) is 28.1. The maximum atomic E-state index is 13.6. The Morgan fingerprint density at radius 3 is 2.29 bits per heavy atom. The number of likely N-dealkylation sites (tertiary alicyclic amines) is 2. The molecular weight excluding hydrogens is 747 g/mol. The van der Waals surface area contributed by atoms with Gasteiger partial charge in [0.1, 0.15) is 23.4 Å². The Kier molecular flexibility index (Phi) is 12.6. The van der Waals surface area contributed by atoms with Crippen molar-refractivity contribution < 1.29 is 13.2 Å². The molecule has 58 heavy (non-hydrogen) atoms. The molecule has 2 aliphatic heterocycles. The van der Waals surface area contributed by atoms with Crippen LogP contribution in [-0.4, -0.2) is 96.7 Å². The number of nitriles is 1. The molecule has 2 fully saturated rings. The minimum atomic E-state index is -3.40. The predicted octanol–water partition coefficient (Wildman–Crippen LogP) is 7.44. The molecule has 2 aromatic carbocycles. The highest BCUT2D eigenvalue weighted by atomic mass is 32.2. The second-order valence-corrected chi connectivity index (χ2v) is 17.4. The topological polar surface area (TPSA) is 142 Å². The van der Waals surface area contributed by atoms with Crippen molar-refractivity contribution in [3.63, 3.8) is 0 Å². The maximum absolute atomic E-state index is 13.6. The van der Waals surface area contributed by atoms with Gasteiger partial charge in [-0.25, -0.2) is 18.4 Å². The lowest BCUT2D eigenvalue weighted by Crippen LogP contribution is -2.47. The summed E-state index contributed by atoms with van der Waals surface area (Å²) in [5.41, 5.74) is 7.19. The molecule has 2 N–H and O–H groups in total. The first kappa shape index (κ1) is 40.7. The Hall–Kier alpha value is -5.45. The van der Waals surface area contributed by atoms with Crippen molar-refractivity contribution >= 4 is 44.2 Å². The Morgan fingerprint density at radius 2 is 1.62 bits per heavy atom. The Morgan fingerprint density at radius 1 is 0.897 bits per heavy atom. The highest BCUT2D eigenvalue weighted by molar-refractivity contribution is 7.92. The fourth-order valence-electron chi connectivity index (χ4n) is 8.70. The molecule has 0 saturated carbocycles. The summed E-state index contributed by atoms with van der Waals surface area (Å²) in [5, 5.41) is 10.5. The molecule has 1 amide bonds. The van der Waals surface area contributed by atoms with Crippen LogP contribution in [0.5, 0.6) is 0 Å². The lowest BCUT2D eigenvalue weighted by atomic mass is 9.99. The van der Waals surface area contributed by atoms with Crippen molar-refractivity contribution in [2.75, 3.05) is 60.0 Å². The largest absolute Gasteiger partial charge is 0.354 e. The van der Waals surface area contributed by atoms with Crippen LogP contribution in [0.25, 0.3) is 22.0 Å². The monoisotopic (exact) mass is 801 g/mol. The number of pyridine rings is 2. The number of H-pyrrole nitrogens is 1. The Labute approximate surface area is 342 Å². The molecule has 2 aliphatic rings. The molecule has 0 radical (unpaired) electrons. The summed E-state index contributed by atoms with van der Waals surface area (Å²) in [7, 11) is -3.40. The number of hydrogen-bond acceptors (Lipinski definition) is 9. The fourth-order valence-corrected chi connectivity index (χ4v) is 9.26. The van der Waals surface area contributed by atoms with Gasteiger partial charge in [0.15, 0.2) is 0 Å². The number of carbonyl (C=O) groups excluding carboxylic acids is 1. The van der Waals surface area contributed by atoms with Gasteiger partial charge in [0.05, 0.1) is 11.8 Å². The first-order valence-corrected chi connectivity index (χ1v) is 22.5. The third-order valence-corrected chi connectivity index (χ3v) is 12.2. The van der Waals surface area contributed by atoms with Gasteiger partial charge < -0.3 is 19.7 Å². The molecule has 0 spiro atoms. The molecule has 5 heterocycles. The molecule has 5 aromatic rings. The number of piperidine rings is 2.